The summed E-state index contributed by atoms with van der Waals surface area (Å²) in [5, 5.41) is 0.692. The number of hydrogen-bond donors (Lipinski definition) is 0. The number of amides is 1. The first-order chi connectivity index (χ1) is 15.2. The van der Waals surface area contributed by atoms with Gasteiger partial charge in [-0.3, -0.25) is 14.7 Å². The van der Waals surface area contributed by atoms with Gasteiger partial charge in [0.25, 0.3) is 0 Å². The fourth-order valence-corrected chi connectivity index (χ4v) is 4.98. The van der Waals surface area contributed by atoms with Crippen molar-refractivity contribution in [1.82, 2.24) is 9.97 Å². The van der Waals surface area contributed by atoms with E-state index in [-0.39, 0.29) is 5.91 Å². The molecule has 1 amide bonds. The normalized spacial score (nSPS) is 10.9. The molecule has 31 heavy (non-hydrogen) atoms. The monoisotopic (exact) mass is 449 g/mol. The minimum atomic E-state index is 0.0360. The highest BCUT2D eigenvalue weighted by Gasteiger charge is 2.20. The van der Waals surface area contributed by atoms with Crippen LogP contribution in [0, 0.1) is 0 Å². The molecule has 4 aromatic rings. The lowest BCUT2D eigenvalue weighted by atomic mass is 10.2. The standard InChI is InChI=1S/C24H23N3O2S2/c1-2-29-20-10-11-21-22(13-20)31-24(26-21)27(15-19-9-6-12-25-14-19)23(28)17-30-16-18-7-4-3-5-8-18/h3-14H,2,15-17H2,1H3. The fourth-order valence-electron chi connectivity index (χ4n) is 3.11. The number of anilines is 1. The van der Waals surface area contributed by atoms with Gasteiger partial charge in [0.1, 0.15) is 5.75 Å². The number of benzene rings is 2. The zero-order valence-corrected chi connectivity index (χ0v) is 18.9. The maximum absolute atomic E-state index is 13.2. The Morgan fingerprint density at radius 2 is 1.94 bits per heavy atom. The van der Waals surface area contributed by atoms with Crippen LogP contribution in [0.2, 0.25) is 0 Å². The highest BCUT2D eigenvalue weighted by atomic mass is 32.2. The number of aromatic nitrogens is 2. The third kappa shape index (κ3) is 5.62. The van der Waals surface area contributed by atoms with Gasteiger partial charge in [0, 0.05) is 18.1 Å². The molecule has 0 saturated carbocycles. The van der Waals surface area contributed by atoms with E-state index >= 15 is 0 Å². The predicted octanol–water partition coefficient (Wildman–Crippen LogP) is 5.56. The van der Waals surface area contributed by atoms with Crippen molar-refractivity contribution in [3.8, 4) is 5.75 Å². The Balaban J connectivity index is 1.54. The first-order valence-corrected chi connectivity index (χ1v) is 12.0. The van der Waals surface area contributed by atoms with Crippen LogP contribution >= 0.6 is 23.1 Å². The summed E-state index contributed by atoms with van der Waals surface area (Å²) in [6.45, 7) is 3.02. The number of nitrogens with zero attached hydrogens (tertiary/aromatic N) is 3. The maximum atomic E-state index is 13.2. The summed E-state index contributed by atoms with van der Waals surface area (Å²) in [4.78, 5) is 23.9. The van der Waals surface area contributed by atoms with Crippen molar-refractivity contribution in [3.63, 3.8) is 0 Å². The van der Waals surface area contributed by atoms with Crippen LogP contribution in [0.5, 0.6) is 5.75 Å². The van der Waals surface area contributed by atoms with Crippen LogP contribution in [-0.2, 0) is 17.1 Å². The van der Waals surface area contributed by atoms with Crippen molar-refractivity contribution < 1.29 is 9.53 Å². The molecule has 0 saturated heterocycles. The quantitative estimate of drug-likeness (QED) is 0.335. The Morgan fingerprint density at radius 1 is 1.10 bits per heavy atom. The van der Waals surface area contributed by atoms with E-state index in [4.69, 9.17) is 9.72 Å². The van der Waals surface area contributed by atoms with Crippen LogP contribution in [-0.4, -0.2) is 28.2 Å². The van der Waals surface area contributed by atoms with Gasteiger partial charge in [0.2, 0.25) is 5.91 Å². The minimum Gasteiger partial charge on any atom is -0.494 e. The lowest BCUT2D eigenvalue weighted by Crippen LogP contribution is -2.31. The second-order valence-electron chi connectivity index (χ2n) is 6.88. The van der Waals surface area contributed by atoms with Crippen LogP contribution < -0.4 is 9.64 Å². The maximum Gasteiger partial charge on any atom is 0.239 e. The van der Waals surface area contributed by atoms with Crippen molar-refractivity contribution >= 4 is 44.4 Å². The first kappa shape index (κ1) is 21.3. The zero-order chi connectivity index (χ0) is 21.5. The molecule has 2 aromatic carbocycles. The average Bonchev–Trinajstić information content (AvgIpc) is 3.22. The number of thiazole rings is 1. The van der Waals surface area contributed by atoms with Gasteiger partial charge in [0.15, 0.2) is 5.13 Å². The predicted molar refractivity (Wildman–Crippen MR) is 129 cm³/mol. The number of fused-ring (bicyclic) bond motifs is 1. The second kappa shape index (κ2) is 10.4. The highest BCUT2D eigenvalue weighted by molar-refractivity contribution is 7.99. The van der Waals surface area contributed by atoms with Crippen LogP contribution in [0.1, 0.15) is 18.1 Å². The molecule has 0 radical (unpaired) electrons. The molecule has 7 heteroatoms. The summed E-state index contributed by atoms with van der Waals surface area (Å²) in [6.07, 6.45) is 3.52. The number of thioether (sulfide) groups is 1. The number of rotatable bonds is 9. The van der Waals surface area contributed by atoms with Crippen molar-refractivity contribution in [2.24, 2.45) is 0 Å². The third-order valence-electron chi connectivity index (χ3n) is 4.59. The van der Waals surface area contributed by atoms with Gasteiger partial charge in [0.05, 0.1) is 29.1 Å². The number of carbonyl (C=O) groups excluding carboxylic acids is 1. The van der Waals surface area contributed by atoms with E-state index in [1.54, 1.807) is 29.1 Å². The van der Waals surface area contributed by atoms with Gasteiger partial charge >= 0.3 is 0 Å². The molecular formula is C24H23N3O2S2. The molecular weight excluding hydrogens is 426 g/mol. The lowest BCUT2D eigenvalue weighted by Gasteiger charge is -2.19. The Bertz CT molecular complexity index is 1130. The number of pyridine rings is 1. The number of carbonyl (C=O) groups is 1. The average molecular weight is 450 g/mol. The largest absolute Gasteiger partial charge is 0.494 e. The molecule has 0 fully saturated rings. The Kier molecular flexibility index (Phi) is 7.17. The second-order valence-corrected chi connectivity index (χ2v) is 8.87. The highest BCUT2D eigenvalue weighted by Crippen LogP contribution is 2.32. The van der Waals surface area contributed by atoms with Crippen molar-refractivity contribution in [2.75, 3.05) is 17.3 Å². The molecule has 5 nitrogen and oxygen atoms in total. The molecule has 0 bridgehead atoms. The fraction of sp³-hybridized carbons (Fsp3) is 0.208. The summed E-state index contributed by atoms with van der Waals surface area (Å²) in [5.74, 6) is 2.03. The molecule has 0 aliphatic carbocycles. The Morgan fingerprint density at radius 3 is 2.71 bits per heavy atom. The van der Waals surface area contributed by atoms with Gasteiger partial charge < -0.3 is 4.74 Å². The molecule has 0 atom stereocenters. The van der Waals surface area contributed by atoms with Crippen LogP contribution in [0.15, 0.2) is 73.1 Å². The molecule has 0 unspecified atom stereocenters. The summed E-state index contributed by atoms with van der Waals surface area (Å²) in [6, 6.07) is 19.9. The van der Waals surface area contributed by atoms with Gasteiger partial charge in [-0.05, 0) is 42.3 Å². The van der Waals surface area contributed by atoms with Gasteiger partial charge in [-0.2, -0.15) is 0 Å². The molecule has 158 valence electrons. The number of hydrogen-bond acceptors (Lipinski definition) is 6. The smallest absolute Gasteiger partial charge is 0.239 e. The SMILES string of the molecule is CCOc1ccc2nc(N(Cc3cccnc3)C(=O)CSCc3ccccc3)sc2c1. The zero-order valence-electron chi connectivity index (χ0n) is 17.2. The minimum absolute atomic E-state index is 0.0360. The molecule has 2 aromatic heterocycles. The summed E-state index contributed by atoms with van der Waals surface area (Å²) in [5.41, 5.74) is 3.05. The Labute approximate surface area is 190 Å². The Hall–Kier alpha value is -2.90. The van der Waals surface area contributed by atoms with Crippen molar-refractivity contribution in [2.45, 2.75) is 19.2 Å². The molecule has 0 aliphatic rings. The van der Waals surface area contributed by atoms with Crippen LogP contribution in [0.4, 0.5) is 5.13 Å². The summed E-state index contributed by atoms with van der Waals surface area (Å²) < 4.78 is 6.61. The van der Waals surface area contributed by atoms with E-state index in [1.165, 1.54) is 16.9 Å². The van der Waals surface area contributed by atoms with E-state index < -0.39 is 0 Å². The van der Waals surface area contributed by atoms with Crippen molar-refractivity contribution in [3.05, 3.63) is 84.2 Å². The van der Waals surface area contributed by atoms with E-state index in [0.29, 0.717) is 24.0 Å². The molecule has 0 N–H and O–H groups in total. The third-order valence-corrected chi connectivity index (χ3v) is 6.62. The molecule has 0 spiro atoms. The lowest BCUT2D eigenvalue weighted by molar-refractivity contribution is -0.116. The van der Waals surface area contributed by atoms with E-state index in [0.717, 1.165) is 27.3 Å². The molecule has 4 rings (SSSR count). The van der Waals surface area contributed by atoms with Gasteiger partial charge in [-0.1, -0.05) is 47.7 Å². The van der Waals surface area contributed by atoms with E-state index in [1.807, 2.05) is 55.5 Å². The summed E-state index contributed by atoms with van der Waals surface area (Å²) in [7, 11) is 0. The molecule has 2 heterocycles. The van der Waals surface area contributed by atoms with Crippen LogP contribution in [0.3, 0.4) is 0 Å². The van der Waals surface area contributed by atoms with Crippen molar-refractivity contribution in [1.29, 1.82) is 0 Å². The summed E-state index contributed by atoms with van der Waals surface area (Å²) >= 11 is 3.12. The van der Waals surface area contributed by atoms with Gasteiger partial charge in [-0.25, -0.2) is 4.98 Å². The topological polar surface area (TPSA) is 55.3 Å². The van der Waals surface area contributed by atoms with E-state index in [9.17, 15) is 4.79 Å². The number of ether oxygens (including phenoxy) is 1. The first-order valence-electron chi connectivity index (χ1n) is 10.1. The van der Waals surface area contributed by atoms with Crippen LogP contribution in [0.25, 0.3) is 10.2 Å². The molecule has 0 aliphatic heterocycles. The van der Waals surface area contributed by atoms with E-state index in [2.05, 4.69) is 17.1 Å². The van der Waals surface area contributed by atoms with Gasteiger partial charge in [-0.15, -0.1) is 11.8 Å².